The number of methoxy groups -OCH3 is 1. The van der Waals surface area contributed by atoms with Crippen LogP contribution in [-0.4, -0.2) is 27.5 Å². The second-order valence-corrected chi connectivity index (χ2v) is 8.07. The molecule has 1 atom stereocenters. The molecule has 0 spiro atoms. The standard InChI is InChI=1S/C18H21ClN2O4S/c1-11-5-6-12(2)16(9-11)20-18(22)13(3)21-26(23,24)14-7-8-17(25-4)15(19)10-14/h5-10,13,21H,1-4H3,(H,20,22)/t13-/m0/s1. The highest BCUT2D eigenvalue weighted by molar-refractivity contribution is 7.89. The van der Waals surface area contributed by atoms with E-state index in [0.717, 1.165) is 11.1 Å². The Morgan fingerprint density at radius 2 is 1.85 bits per heavy atom. The zero-order valence-electron chi connectivity index (χ0n) is 15.0. The third kappa shape index (κ3) is 4.75. The van der Waals surface area contributed by atoms with Gasteiger partial charge in [0.05, 0.1) is 23.1 Å². The highest BCUT2D eigenvalue weighted by Crippen LogP contribution is 2.27. The summed E-state index contributed by atoms with van der Waals surface area (Å²) >= 11 is 5.98. The molecule has 2 aromatic carbocycles. The molecule has 0 fully saturated rings. The van der Waals surface area contributed by atoms with Crippen LogP contribution in [0.4, 0.5) is 5.69 Å². The Hall–Kier alpha value is -2.09. The number of anilines is 1. The molecular weight excluding hydrogens is 376 g/mol. The quantitative estimate of drug-likeness (QED) is 0.784. The van der Waals surface area contributed by atoms with E-state index >= 15 is 0 Å². The van der Waals surface area contributed by atoms with E-state index in [2.05, 4.69) is 10.0 Å². The van der Waals surface area contributed by atoms with Gasteiger partial charge in [-0.3, -0.25) is 4.79 Å². The molecule has 26 heavy (non-hydrogen) atoms. The molecule has 2 aromatic rings. The first kappa shape index (κ1) is 20.2. The number of nitrogens with one attached hydrogen (secondary N) is 2. The molecule has 0 radical (unpaired) electrons. The summed E-state index contributed by atoms with van der Waals surface area (Å²) in [6.07, 6.45) is 0. The van der Waals surface area contributed by atoms with E-state index in [1.54, 1.807) is 0 Å². The van der Waals surface area contributed by atoms with E-state index in [4.69, 9.17) is 16.3 Å². The van der Waals surface area contributed by atoms with Crippen molar-refractivity contribution in [1.29, 1.82) is 0 Å². The minimum atomic E-state index is -3.91. The zero-order valence-corrected chi connectivity index (χ0v) is 16.5. The Bertz CT molecular complexity index is 929. The lowest BCUT2D eigenvalue weighted by Gasteiger charge is -2.16. The van der Waals surface area contributed by atoms with Gasteiger partial charge >= 0.3 is 0 Å². The number of rotatable bonds is 6. The fourth-order valence-electron chi connectivity index (χ4n) is 2.28. The van der Waals surface area contributed by atoms with Crippen LogP contribution in [0.3, 0.4) is 0 Å². The minimum absolute atomic E-state index is 0.0466. The number of hydrogen-bond acceptors (Lipinski definition) is 4. The lowest BCUT2D eigenvalue weighted by atomic mass is 10.1. The number of ether oxygens (including phenoxy) is 1. The molecule has 2 rings (SSSR count). The molecule has 0 aromatic heterocycles. The first-order valence-corrected chi connectivity index (χ1v) is 9.74. The predicted octanol–water partition coefficient (Wildman–Crippen LogP) is 3.27. The fraction of sp³-hybridized carbons (Fsp3) is 0.278. The van der Waals surface area contributed by atoms with Crippen molar-refractivity contribution in [2.75, 3.05) is 12.4 Å². The van der Waals surface area contributed by atoms with E-state index < -0.39 is 22.0 Å². The van der Waals surface area contributed by atoms with Gasteiger partial charge in [-0.25, -0.2) is 8.42 Å². The molecule has 6 nitrogen and oxygen atoms in total. The van der Waals surface area contributed by atoms with Crippen LogP contribution in [0, 0.1) is 13.8 Å². The molecule has 1 amide bonds. The molecule has 140 valence electrons. The summed E-state index contributed by atoms with van der Waals surface area (Å²) in [5, 5.41) is 2.91. The Balaban J connectivity index is 2.14. The van der Waals surface area contributed by atoms with Crippen LogP contribution < -0.4 is 14.8 Å². The molecule has 0 saturated carbocycles. The van der Waals surface area contributed by atoms with Gasteiger partial charge in [0.1, 0.15) is 5.75 Å². The summed E-state index contributed by atoms with van der Waals surface area (Å²) in [5.41, 5.74) is 2.53. The van der Waals surface area contributed by atoms with E-state index in [-0.39, 0.29) is 9.92 Å². The average molecular weight is 397 g/mol. The van der Waals surface area contributed by atoms with E-state index in [0.29, 0.717) is 11.4 Å². The van der Waals surface area contributed by atoms with Crippen molar-refractivity contribution in [3.05, 3.63) is 52.5 Å². The van der Waals surface area contributed by atoms with Gasteiger partial charge in [0.25, 0.3) is 0 Å². The number of carbonyl (C=O) groups excluding carboxylic acids is 1. The first-order valence-electron chi connectivity index (χ1n) is 7.88. The van der Waals surface area contributed by atoms with Crippen LogP contribution in [-0.2, 0) is 14.8 Å². The summed E-state index contributed by atoms with van der Waals surface area (Å²) in [6, 6.07) is 8.78. The van der Waals surface area contributed by atoms with Gasteiger partial charge in [-0.1, -0.05) is 23.7 Å². The van der Waals surface area contributed by atoms with Crippen LogP contribution in [0.15, 0.2) is 41.3 Å². The van der Waals surface area contributed by atoms with Crippen molar-refractivity contribution < 1.29 is 17.9 Å². The molecule has 0 unspecified atom stereocenters. The number of hydrogen-bond donors (Lipinski definition) is 2. The maximum absolute atomic E-state index is 12.5. The minimum Gasteiger partial charge on any atom is -0.495 e. The second kappa shape index (κ2) is 8.07. The number of carbonyl (C=O) groups is 1. The smallest absolute Gasteiger partial charge is 0.242 e. The molecular formula is C18H21ClN2O4S. The molecule has 0 aliphatic rings. The van der Waals surface area contributed by atoms with Gasteiger partial charge in [-0.2, -0.15) is 4.72 Å². The molecule has 0 bridgehead atoms. The summed E-state index contributed by atoms with van der Waals surface area (Å²) in [5.74, 6) is -0.0896. The second-order valence-electron chi connectivity index (χ2n) is 5.95. The Kier molecular flexibility index (Phi) is 6.28. The number of sulfonamides is 1. The number of halogens is 1. The van der Waals surface area contributed by atoms with E-state index in [1.807, 2.05) is 32.0 Å². The van der Waals surface area contributed by atoms with Gasteiger partial charge < -0.3 is 10.1 Å². The normalized spacial score (nSPS) is 12.5. The SMILES string of the molecule is COc1ccc(S(=O)(=O)N[C@@H](C)C(=O)Nc2cc(C)ccc2C)cc1Cl. The Morgan fingerprint density at radius 3 is 2.46 bits per heavy atom. The van der Waals surface area contributed by atoms with E-state index in [1.165, 1.54) is 32.2 Å². The highest BCUT2D eigenvalue weighted by Gasteiger charge is 2.23. The topological polar surface area (TPSA) is 84.5 Å². The summed E-state index contributed by atoms with van der Waals surface area (Å²) in [4.78, 5) is 12.3. The van der Waals surface area contributed by atoms with E-state index in [9.17, 15) is 13.2 Å². The summed E-state index contributed by atoms with van der Waals surface area (Å²) in [7, 11) is -2.48. The molecule has 8 heteroatoms. The van der Waals surface area contributed by atoms with Crippen LogP contribution in [0.5, 0.6) is 5.75 Å². The number of aryl methyl sites for hydroxylation is 2. The van der Waals surface area contributed by atoms with Crippen molar-refractivity contribution in [1.82, 2.24) is 4.72 Å². The molecule has 0 saturated heterocycles. The van der Waals surface area contributed by atoms with Crippen molar-refractivity contribution in [2.45, 2.75) is 31.7 Å². The monoisotopic (exact) mass is 396 g/mol. The largest absolute Gasteiger partial charge is 0.495 e. The summed E-state index contributed by atoms with van der Waals surface area (Å²) < 4.78 is 32.3. The molecule has 0 aliphatic heterocycles. The Morgan fingerprint density at radius 1 is 1.15 bits per heavy atom. The zero-order chi connectivity index (χ0) is 19.5. The van der Waals surface area contributed by atoms with Gasteiger partial charge in [0.15, 0.2) is 0 Å². The van der Waals surface area contributed by atoms with Crippen molar-refractivity contribution in [3.8, 4) is 5.75 Å². The maximum Gasteiger partial charge on any atom is 0.242 e. The van der Waals surface area contributed by atoms with Crippen molar-refractivity contribution in [2.24, 2.45) is 0 Å². The maximum atomic E-state index is 12.5. The lowest BCUT2D eigenvalue weighted by molar-refractivity contribution is -0.117. The van der Waals surface area contributed by atoms with Gasteiger partial charge in [-0.15, -0.1) is 0 Å². The van der Waals surface area contributed by atoms with Crippen LogP contribution in [0.2, 0.25) is 5.02 Å². The Labute approximate surface area is 158 Å². The van der Waals surface area contributed by atoms with Crippen molar-refractivity contribution in [3.63, 3.8) is 0 Å². The molecule has 0 aliphatic carbocycles. The number of amides is 1. The third-order valence-corrected chi connectivity index (χ3v) is 5.64. The number of benzene rings is 2. The average Bonchev–Trinajstić information content (AvgIpc) is 2.57. The lowest BCUT2D eigenvalue weighted by Crippen LogP contribution is -2.41. The van der Waals surface area contributed by atoms with Gasteiger partial charge in [0.2, 0.25) is 15.9 Å². The van der Waals surface area contributed by atoms with Crippen LogP contribution in [0.1, 0.15) is 18.1 Å². The van der Waals surface area contributed by atoms with Crippen LogP contribution in [0.25, 0.3) is 0 Å². The van der Waals surface area contributed by atoms with Crippen LogP contribution >= 0.6 is 11.6 Å². The first-order chi connectivity index (χ1) is 12.1. The third-order valence-electron chi connectivity index (χ3n) is 3.81. The summed E-state index contributed by atoms with van der Waals surface area (Å²) in [6.45, 7) is 5.25. The molecule has 0 heterocycles. The predicted molar refractivity (Wildman–Crippen MR) is 102 cm³/mol. The van der Waals surface area contributed by atoms with Gasteiger partial charge in [0, 0.05) is 5.69 Å². The fourth-order valence-corrected chi connectivity index (χ4v) is 3.83. The molecule has 2 N–H and O–H groups in total. The highest BCUT2D eigenvalue weighted by atomic mass is 35.5. The van der Waals surface area contributed by atoms with Crippen molar-refractivity contribution >= 4 is 33.2 Å². The van der Waals surface area contributed by atoms with Gasteiger partial charge in [-0.05, 0) is 56.2 Å².